The van der Waals surface area contributed by atoms with Crippen LogP contribution in [0.3, 0.4) is 0 Å². The zero-order valence-electron chi connectivity index (χ0n) is 57.5. The second-order valence-corrected chi connectivity index (χ2v) is 27.0. The number of nitrogens with zero attached hydrogens (tertiary/aromatic N) is 1. The Kier molecular flexibility index (Phi) is 65.9. The molecule has 0 aliphatic rings. The SMILES string of the molecule is CCCCCCC/C=C\C/C=C\CCCCCCCCCCCCCC(=O)OC(COC(=O)CCCCCCCCCCCCCCCCCCCCCCCCCCCCCCCCCCCCCCC)COC(OCC[N+](C)(C)C)C(=O)[O-]. The van der Waals surface area contributed by atoms with Crippen LogP contribution in [0.2, 0.25) is 0 Å². The van der Waals surface area contributed by atoms with E-state index < -0.39 is 24.3 Å². The van der Waals surface area contributed by atoms with E-state index >= 15 is 0 Å². The molecule has 502 valence electrons. The fraction of sp³-hybridized carbons (Fsp3) is 0.908. The van der Waals surface area contributed by atoms with Crippen molar-refractivity contribution in [2.75, 3.05) is 47.5 Å². The van der Waals surface area contributed by atoms with Crippen molar-refractivity contribution in [3.8, 4) is 0 Å². The van der Waals surface area contributed by atoms with Crippen LogP contribution >= 0.6 is 0 Å². The van der Waals surface area contributed by atoms with E-state index in [9.17, 15) is 19.5 Å². The van der Waals surface area contributed by atoms with Gasteiger partial charge in [-0.3, -0.25) is 9.59 Å². The van der Waals surface area contributed by atoms with E-state index in [0.717, 1.165) is 44.9 Å². The zero-order chi connectivity index (χ0) is 61.9. The maximum Gasteiger partial charge on any atom is 0.306 e. The highest BCUT2D eigenvalue weighted by molar-refractivity contribution is 5.70. The highest BCUT2D eigenvalue weighted by atomic mass is 16.7. The van der Waals surface area contributed by atoms with Crippen molar-refractivity contribution in [2.45, 2.75) is 399 Å². The number of aliphatic carboxylic acids is 1. The maximum absolute atomic E-state index is 12.9. The summed E-state index contributed by atoms with van der Waals surface area (Å²) in [5.74, 6) is -2.26. The van der Waals surface area contributed by atoms with E-state index in [0.29, 0.717) is 23.9 Å². The van der Waals surface area contributed by atoms with Crippen LogP contribution in [0, 0.1) is 0 Å². The van der Waals surface area contributed by atoms with Crippen LogP contribution in [-0.4, -0.2) is 82.3 Å². The fourth-order valence-corrected chi connectivity index (χ4v) is 11.5. The average molecular weight is 1200 g/mol. The highest BCUT2D eigenvalue weighted by Gasteiger charge is 2.22. The molecule has 0 aliphatic carbocycles. The molecule has 2 unspecified atom stereocenters. The first-order valence-corrected chi connectivity index (χ1v) is 37.5. The monoisotopic (exact) mass is 1200 g/mol. The second-order valence-electron chi connectivity index (χ2n) is 27.0. The maximum atomic E-state index is 12.9. The van der Waals surface area contributed by atoms with Crippen LogP contribution in [0.5, 0.6) is 0 Å². The van der Waals surface area contributed by atoms with Crippen LogP contribution in [0.15, 0.2) is 24.3 Å². The molecule has 9 heteroatoms. The molecule has 0 N–H and O–H groups in total. The Morgan fingerprint density at radius 3 is 0.929 bits per heavy atom. The molecule has 0 spiro atoms. The summed E-state index contributed by atoms with van der Waals surface area (Å²) in [5.41, 5.74) is 0. The van der Waals surface area contributed by atoms with Gasteiger partial charge in [0.1, 0.15) is 13.2 Å². The standard InChI is InChI=1S/C76H145NO8/c1-6-8-10-12-14-16-18-20-22-24-26-28-30-31-32-33-34-35-36-37-38-39-40-41-42-43-45-46-48-50-52-54-56-58-60-62-64-66-73(78)83-70-72(71-84-76(75(80)81)82-69-68-77(3,4)5)85-74(79)67-65-63-61-59-57-55-53-51-49-47-44-29-27-25-23-21-19-17-15-13-11-9-7-2/h19,21,25,27,72,76H,6-18,20,22-24,26,28-71H2,1-5H3/b21-19-,27-25-. The molecule has 0 aliphatic heterocycles. The molecule has 0 amide bonds. The van der Waals surface area contributed by atoms with Crippen LogP contribution in [0.1, 0.15) is 386 Å². The molecular weight excluding hydrogens is 1050 g/mol. The number of carbonyl (C=O) groups excluding carboxylic acids is 3. The number of carbonyl (C=O) groups is 3. The van der Waals surface area contributed by atoms with Gasteiger partial charge >= 0.3 is 11.9 Å². The van der Waals surface area contributed by atoms with Gasteiger partial charge in [0.2, 0.25) is 0 Å². The van der Waals surface area contributed by atoms with E-state index in [4.69, 9.17) is 18.9 Å². The van der Waals surface area contributed by atoms with Crippen molar-refractivity contribution in [2.24, 2.45) is 0 Å². The summed E-state index contributed by atoms with van der Waals surface area (Å²) in [6.45, 7) is 4.81. The molecule has 0 bridgehead atoms. The van der Waals surface area contributed by atoms with Gasteiger partial charge in [-0.15, -0.1) is 0 Å². The molecule has 0 rings (SSSR count). The number of quaternary nitrogens is 1. The molecule has 2 atom stereocenters. The molecule has 0 aromatic rings. The minimum absolute atomic E-state index is 0.150. The number of ether oxygens (including phenoxy) is 4. The first-order chi connectivity index (χ1) is 41.6. The third-order valence-electron chi connectivity index (χ3n) is 17.2. The van der Waals surface area contributed by atoms with E-state index in [-0.39, 0.29) is 32.2 Å². The van der Waals surface area contributed by atoms with Gasteiger partial charge in [-0.05, 0) is 44.9 Å². The molecule has 0 radical (unpaired) electrons. The minimum atomic E-state index is -1.62. The molecule has 9 nitrogen and oxygen atoms in total. The van der Waals surface area contributed by atoms with Crippen LogP contribution in [0.25, 0.3) is 0 Å². The summed E-state index contributed by atoms with van der Waals surface area (Å²) in [5, 5.41) is 11.8. The first kappa shape index (κ1) is 82.8. The Bertz CT molecular complexity index is 1440. The van der Waals surface area contributed by atoms with E-state index in [1.54, 1.807) is 0 Å². The number of likely N-dealkylation sites (N-methyl/N-ethyl adjacent to an activating group) is 1. The van der Waals surface area contributed by atoms with Gasteiger partial charge in [-0.2, -0.15) is 0 Å². The van der Waals surface area contributed by atoms with Gasteiger partial charge in [0.15, 0.2) is 12.4 Å². The van der Waals surface area contributed by atoms with Crippen molar-refractivity contribution in [1.29, 1.82) is 0 Å². The third-order valence-corrected chi connectivity index (χ3v) is 17.2. The summed E-state index contributed by atoms with van der Waals surface area (Å²) in [6, 6.07) is 0. The quantitative estimate of drug-likeness (QED) is 0.0195. The van der Waals surface area contributed by atoms with Crippen molar-refractivity contribution in [3.05, 3.63) is 24.3 Å². The Hall–Kier alpha value is -2.23. The molecule has 0 aromatic carbocycles. The number of hydrogen-bond donors (Lipinski definition) is 0. The van der Waals surface area contributed by atoms with E-state index in [2.05, 4.69) is 38.2 Å². The number of rotatable bonds is 71. The summed E-state index contributed by atoms with van der Waals surface area (Å²) >= 11 is 0. The van der Waals surface area contributed by atoms with Crippen LogP contribution < -0.4 is 5.11 Å². The van der Waals surface area contributed by atoms with Gasteiger partial charge < -0.3 is 33.3 Å². The second kappa shape index (κ2) is 67.7. The summed E-state index contributed by atoms with van der Waals surface area (Å²) in [6.07, 6.45) is 81.5. The highest BCUT2D eigenvalue weighted by Crippen LogP contribution is 2.20. The summed E-state index contributed by atoms with van der Waals surface area (Å²) in [7, 11) is 5.94. The first-order valence-electron chi connectivity index (χ1n) is 37.5. The van der Waals surface area contributed by atoms with Crippen molar-refractivity contribution < 1.29 is 42.9 Å². The fourth-order valence-electron chi connectivity index (χ4n) is 11.5. The van der Waals surface area contributed by atoms with Gasteiger partial charge in [-0.25, -0.2) is 0 Å². The summed E-state index contributed by atoms with van der Waals surface area (Å²) < 4.78 is 22.8. The third kappa shape index (κ3) is 69.1. The lowest BCUT2D eigenvalue weighted by Crippen LogP contribution is -2.44. The van der Waals surface area contributed by atoms with Crippen LogP contribution in [-0.2, 0) is 33.3 Å². The van der Waals surface area contributed by atoms with E-state index in [1.807, 2.05) is 21.1 Å². The Balaban J connectivity index is 3.96. The number of carboxylic acids is 1. The lowest BCUT2D eigenvalue weighted by molar-refractivity contribution is -0.870. The number of carboxylic acid groups (broad SMARTS) is 1. The molecule has 0 saturated carbocycles. The van der Waals surface area contributed by atoms with Crippen molar-refractivity contribution in [1.82, 2.24) is 0 Å². The largest absolute Gasteiger partial charge is 0.545 e. The zero-order valence-corrected chi connectivity index (χ0v) is 57.5. The van der Waals surface area contributed by atoms with Gasteiger partial charge in [0.05, 0.1) is 40.3 Å². The average Bonchev–Trinajstić information content (AvgIpc) is 3.49. The number of hydrogen-bond acceptors (Lipinski definition) is 8. The van der Waals surface area contributed by atoms with Gasteiger partial charge in [0.25, 0.3) is 0 Å². The molecule has 0 heterocycles. The van der Waals surface area contributed by atoms with Crippen molar-refractivity contribution >= 4 is 17.9 Å². The summed E-state index contributed by atoms with van der Waals surface area (Å²) in [4.78, 5) is 37.5. The molecule has 0 saturated heterocycles. The lowest BCUT2D eigenvalue weighted by atomic mass is 10.0. The smallest absolute Gasteiger partial charge is 0.306 e. The lowest BCUT2D eigenvalue weighted by Gasteiger charge is -2.26. The number of allylic oxidation sites excluding steroid dienone is 4. The molecular formula is C76H145NO8. The predicted octanol–water partition coefficient (Wildman–Crippen LogP) is 22.0. The molecule has 85 heavy (non-hydrogen) atoms. The Morgan fingerprint density at radius 2 is 0.635 bits per heavy atom. The Labute approximate surface area is 528 Å². The number of esters is 2. The molecule has 0 aromatic heterocycles. The van der Waals surface area contributed by atoms with Crippen molar-refractivity contribution in [3.63, 3.8) is 0 Å². The predicted molar refractivity (Wildman–Crippen MR) is 362 cm³/mol. The van der Waals surface area contributed by atoms with Gasteiger partial charge in [-0.1, -0.05) is 353 Å². The Morgan fingerprint density at radius 1 is 0.353 bits per heavy atom. The van der Waals surface area contributed by atoms with Gasteiger partial charge in [0, 0.05) is 12.8 Å². The van der Waals surface area contributed by atoms with Crippen LogP contribution in [0.4, 0.5) is 0 Å². The molecule has 0 fully saturated rings. The number of unbranched alkanes of at least 4 members (excludes halogenated alkanes) is 52. The van der Waals surface area contributed by atoms with E-state index in [1.165, 1.54) is 308 Å². The topological polar surface area (TPSA) is 111 Å². The minimum Gasteiger partial charge on any atom is -0.545 e. The normalized spacial score (nSPS) is 12.7.